The van der Waals surface area contributed by atoms with E-state index in [0.717, 1.165) is 0 Å². The lowest BCUT2D eigenvalue weighted by Gasteiger charge is -2.17. The van der Waals surface area contributed by atoms with E-state index in [4.69, 9.17) is 9.47 Å². The number of hydrogen-bond acceptors (Lipinski definition) is 6. The number of esters is 1. The summed E-state index contributed by atoms with van der Waals surface area (Å²) in [6.45, 7) is 1.12. The van der Waals surface area contributed by atoms with Crippen LogP contribution < -0.4 is 20.3 Å². The molecule has 2 aromatic carbocycles. The zero-order valence-electron chi connectivity index (χ0n) is 17.2. The Labute approximate surface area is 179 Å². The first-order valence-electron chi connectivity index (χ1n) is 9.64. The zero-order chi connectivity index (χ0) is 22.4. The van der Waals surface area contributed by atoms with Crippen molar-refractivity contribution in [2.24, 2.45) is 5.92 Å². The normalized spacial score (nSPS) is 15.4. The first-order chi connectivity index (χ1) is 14.9. The summed E-state index contributed by atoms with van der Waals surface area (Å²) in [4.78, 5) is 49.3. The second kappa shape index (κ2) is 9.75. The SMILES string of the molecule is COc1cccc(N2C[C@@H](C(=O)OCC(=O)Nc3ccc(NC(C)=O)cc3)CC2=O)c1. The summed E-state index contributed by atoms with van der Waals surface area (Å²) in [6, 6.07) is 13.5. The van der Waals surface area contributed by atoms with Crippen molar-refractivity contribution < 1.29 is 28.7 Å². The van der Waals surface area contributed by atoms with Gasteiger partial charge in [0.1, 0.15) is 5.75 Å². The molecule has 0 saturated carbocycles. The molecular weight excluding hydrogens is 402 g/mol. The minimum Gasteiger partial charge on any atom is -0.497 e. The van der Waals surface area contributed by atoms with E-state index in [1.54, 1.807) is 48.5 Å². The molecule has 3 amide bonds. The lowest BCUT2D eigenvalue weighted by atomic mass is 10.1. The summed E-state index contributed by atoms with van der Waals surface area (Å²) in [5.74, 6) is -1.54. The summed E-state index contributed by atoms with van der Waals surface area (Å²) >= 11 is 0. The second-order valence-corrected chi connectivity index (χ2v) is 7.02. The van der Waals surface area contributed by atoms with Crippen molar-refractivity contribution in [3.8, 4) is 5.75 Å². The van der Waals surface area contributed by atoms with Gasteiger partial charge in [0.15, 0.2) is 6.61 Å². The summed E-state index contributed by atoms with van der Waals surface area (Å²) < 4.78 is 10.3. The van der Waals surface area contributed by atoms with Crippen molar-refractivity contribution in [2.45, 2.75) is 13.3 Å². The van der Waals surface area contributed by atoms with Crippen molar-refractivity contribution in [3.63, 3.8) is 0 Å². The molecule has 0 bridgehead atoms. The average Bonchev–Trinajstić information content (AvgIpc) is 3.15. The van der Waals surface area contributed by atoms with Crippen LogP contribution in [0.25, 0.3) is 0 Å². The molecular formula is C22H23N3O6. The topological polar surface area (TPSA) is 114 Å². The van der Waals surface area contributed by atoms with Gasteiger partial charge in [-0.1, -0.05) is 6.07 Å². The Hall–Kier alpha value is -3.88. The number of ether oxygens (including phenoxy) is 2. The fourth-order valence-corrected chi connectivity index (χ4v) is 3.19. The number of nitrogens with one attached hydrogen (secondary N) is 2. The molecule has 1 atom stereocenters. The maximum absolute atomic E-state index is 12.3. The predicted molar refractivity (Wildman–Crippen MR) is 114 cm³/mol. The molecule has 162 valence electrons. The molecule has 1 heterocycles. The highest BCUT2D eigenvalue weighted by molar-refractivity contribution is 6.00. The van der Waals surface area contributed by atoms with Crippen molar-refractivity contribution in [1.82, 2.24) is 0 Å². The van der Waals surface area contributed by atoms with Crippen LogP contribution in [0, 0.1) is 5.92 Å². The number of rotatable bonds is 7. The number of benzene rings is 2. The molecule has 1 aliphatic heterocycles. The van der Waals surface area contributed by atoms with Crippen molar-refractivity contribution in [1.29, 1.82) is 0 Å². The van der Waals surface area contributed by atoms with Crippen LogP contribution in [-0.2, 0) is 23.9 Å². The van der Waals surface area contributed by atoms with Gasteiger partial charge >= 0.3 is 5.97 Å². The molecule has 3 rings (SSSR count). The molecule has 1 fully saturated rings. The molecule has 0 unspecified atom stereocenters. The van der Waals surface area contributed by atoms with Gasteiger partial charge in [0.25, 0.3) is 5.91 Å². The molecule has 9 heteroatoms. The Morgan fingerprint density at radius 2 is 1.74 bits per heavy atom. The van der Waals surface area contributed by atoms with Gasteiger partial charge in [0.2, 0.25) is 11.8 Å². The number of carbonyl (C=O) groups is 4. The Morgan fingerprint density at radius 3 is 2.39 bits per heavy atom. The fourth-order valence-electron chi connectivity index (χ4n) is 3.19. The van der Waals surface area contributed by atoms with Crippen LogP contribution in [0.2, 0.25) is 0 Å². The standard InChI is InChI=1S/C22H23N3O6/c1-14(26)23-16-6-8-17(9-7-16)24-20(27)13-31-22(29)15-10-21(28)25(12-15)18-4-3-5-19(11-18)30-2/h3-9,11,15H,10,12-13H2,1-2H3,(H,23,26)(H,24,27)/t15-/m0/s1. The van der Waals surface area contributed by atoms with Gasteiger partial charge in [-0.3, -0.25) is 19.2 Å². The largest absolute Gasteiger partial charge is 0.497 e. The molecule has 0 aromatic heterocycles. The highest BCUT2D eigenvalue weighted by Gasteiger charge is 2.36. The van der Waals surface area contributed by atoms with Crippen molar-refractivity contribution in [3.05, 3.63) is 48.5 Å². The molecule has 1 saturated heterocycles. The molecule has 0 radical (unpaired) electrons. The third-order valence-electron chi connectivity index (χ3n) is 4.66. The summed E-state index contributed by atoms with van der Waals surface area (Å²) in [6.07, 6.45) is 0.0161. The maximum Gasteiger partial charge on any atom is 0.311 e. The van der Waals surface area contributed by atoms with Crippen LogP contribution in [0.1, 0.15) is 13.3 Å². The molecule has 2 N–H and O–H groups in total. The summed E-state index contributed by atoms with van der Waals surface area (Å²) in [5, 5.41) is 5.23. The quantitative estimate of drug-likeness (QED) is 0.658. The lowest BCUT2D eigenvalue weighted by Crippen LogP contribution is -2.28. The molecule has 31 heavy (non-hydrogen) atoms. The van der Waals surface area contributed by atoms with Crippen LogP contribution in [0.15, 0.2) is 48.5 Å². The highest BCUT2D eigenvalue weighted by atomic mass is 16.5. The molecule has 0 aliphatic carbocycles. The Kier molecular flexibility index (Phi) is 6.86. The van der Waals surface area contributed by atoms with Gasteiger partial charge in [-0.05, 0) is 36.4 Å². The number of carbonyl (C=O) groups excluding carboxylic acids is 4. The van der Waals surface area contributed by atoms with Crippen LogP contribution in [0.5, 0.6) is 5.75 Å². The van der Waals surface area contributed by atoms with E-state index in [9.17, 15) is 19.2 Å². The Morgan fingerprint density at radius 1 is 1.06 bits per heavy atom. The van der Waals surface area contributed by atoms with E-state index in [1.807, 2.05) is 0 Å². The number of amides is 3. The highest BCUT2D eigenvalue weighted by Crippen LogP contribution is 2.28. The molecule has 0 spiro atoms. The van der Waals surface area contributed by atoms with Gasteiger partial charge < -0.3 is 25.0 Å². The van der Waals surface area contributed by atoms with Gasteiger partial charge in [-0.15, -0.1) is 0 Å². The molecule has 2 aromatic rings. The predicted octanol–water partition coefficient (Wildman–Crippen LogP) is 2.19. The smallest absolute Gasteiger partial charge is 0.311 e. The molecule has 1 aliphatic rings. The average molecular weight is 425 g/mol. The van der Waals surface area contributed by atoms with Crippen LogP contribution in [0.3, 0.4) is 0 Å². The maximum atomic E-state index is 12.3. The van der Waals surface area contributed by atoms with Crippen molar-refractivity contribution in [2.75, 3.05) is 35.8 Å². The van der Waals surface area contributed by atoms with E-state index in [0.29, 0.717) is 22.8 Å². The summed E-state index contributed by atoms with van der Waals surface area (Å²) in [5.41, 5.74) is 1.74. The van der Waals surface area contributed by atoms with E-state index in [2.05, 4.69) is 10.6 Å². The van der Waals surface area contributed by atoms with E-state index < -0.39 is 24.4 Å². The van der Waals surface area contributed by atoms with Gasteiger partial charge in [0.05, 0.1) is 13.0 Å². The monoisotopic (exact) mass is 425 g/mol. The molecule has 9 nitrogen and oxygen atoms in total. The van der Waals surface area contributed by atoms with Crippen LogP contribution in [-0.4, -0.2) is 44.0 Å². The van der Waals surface area contributed by atoms with Crippen molar-refractivity contribution >= 4 is 40.8 Å². The van der Waals surface area contributed by atoms with Gasteiger partial charge in [0, 0.05) is 43.0 Å². The summed E-state index contributed by atoms with van der Waals surface area (Å²) in [7, 11) is 1.54. The third-order valence-corrected chi connectivity index (χ3v) is 4.66. The second-order valence-electron chi connectivity index (χ2n) is 7.02. The van der Waals surface area contributed by atoms with Crippen LogP contribution >= 0.6 is 0 Å². The number of methoxy groups -OCH3 is 1. The minimum absolute atomic E-state index is 0.0161. The number of anilines is 3. The van der Waals surface area contributed by atoms with E-state index >= 15 is 0 Å². The van der Waals surface area contributed by atoms with Crippen LogP contribution in [0.4, 0.5) is 17.1 Å². The Bertz CT molecular complexity index is 989. The zero-order valence-corrected chi connectivity index (χ0v) is 17.2. The number of hydrogen-bond donors (Lipinski definition) is 2. The minimum atomic E-state index is -0.650. The third kappa shape index (κ3) is 5.81. The fraction of sp³-hybridized carbons (Fsp3) is 0.273. The van der Waals surface area contributed by atoms with Gasteiger partial charge in [-0.2, -0.15) is 0 Å². The van der Waals surface area contributed by atoms with E-state index in [-0.39, 0.29) is 24.8 Å². The Balaban J connectivity index is 1.49. The lowest BCUT2D eigenvalue weighted by molar-refractivity contribution is -0.151. The first-order valence-corrected chi connectivity index (χ1v) is 9.64. The van der Waals surface area contributed by atoms with E-state index in [1.165, 1.54) is 18.9 Å². The first kappa shape index (κ1) is 21.8. The van der Waals surface area contributed by atoms with Gasteiger partial charge in [-0.25, -0.2) is 0 Å². The number of nitrogens with zero attached hydrogens (tertiary/aromatic N) is 1.